The van der Waals surface area contributed by atoms with Gasteiger partial charge in [-0.25, -0.2) is 9.59 Å². The van der Waals surface area contributed by atoms with Gasteiger partial charge >= 0.3 is 35.8 Å². The van der Waals surface area contributed by atoms with Gasteiger partial charge in [0.25, 0.3) is 0 Å². The predicted octanol–water partition coefficient (Wildman–Crippen LogP) is 4.15. The second-order valence-electron chi connectivity index (χ2n) is 15.2. The van der Waals surface area contributed by atoms with E-state index in [2.05, 4.69) is 11.6 Å². The zero-order valence-electron chi connectivity index (χ0n) is 32.5. The zero-order valence-corrected chi connectivity index (χ0v) is 32.5. The molecule has 1 aromatic carbocycles. The molecule has 11 atom stereocenters. The van der Waals surface area contributed by atoms with E-state index in [1.165, 1.54) is 36.7 Å². The monoisotopic (exact) mass is 777 g/mol. The minimum absolute atomic E-state index is 0.0374. The molecule has 1 aliphatic heterocycles. The van der Waals surface area contributed by atoms with Crippen molar-refractivity contribution in [1.82, 2.24) is 4.98 Å². The minimum atomic E-state index is -2.10. The number of hydrogen-bond acceptors (Lipinski definition) is 15. The highest BCUT2D eigenvalue weighted by Crippen LogP contribution is 2.54. The number of ether oxygens (including phenoxy) is 7. The van der Waals surface area contributed by atoms with Crippen molar-refractivity contribution < 1.29 is 66.7 Å². The number of ketones is 1. The quantitative estimate of drug-likeness (QED) is 0.160. The fraction of sp³-hybridized carbons (Fsp3) is 0.512. The Labute approximate surface area is 324 Å². The van der Waals surface area contributed by atoms with E-state index in [4.69, 9.17) is 33.2 Å². The molecule has 2 aromatic rings. The number of hydrogen-bond donors (Lipinski definition) is 0. The summed E-state index contributed by atoms with van der Waals surface area (Å²) in [6, 6.07) is 10.9. The standard InChI is InChI=1S/C41H47NO14/c1-20-18-41(56-26(7)46)29(30(20)50-23(4)43)31(51-24(5)44)21(2)32(52-25(6)45)34(54-38(48)27-14-11-10-12-15-27)37(55-39(49)28-16-13-17-42-19-28)40(8,9)36-33(53-36)22(3)35(41)47/h10-17,19-20,22,29-34,36-37H,2,18H2,1,3-9H3/t20-,22-,29+,30-,31-,32-,33-,34+,36+,37?,41+/m0/s1. The lowest BCUT2D eigenvalue weighted by Gasteiger charge is -2.45. The molecule has 0 radical (unpaired) electrons. The normalized spacial score (nSPS) is 32.1. The van der Waals surface area contributed by atoms with Gasteiger partial charge in [0.2, 0.25) is 0 Å². The largest absolute Gasteiger partial charge is 0.462 e. The number of benzene rings is 1. The lowest BCUT2D eigenvalue weighted by molar-refractivity contribution is -0.188. The molecule has 1 saturated heterocycles. The Bertz CT molecular complexity index is 1880. The molecule has 56 heavy (non-hydrogen) atoms. The summed E-state index contributed by atoms with van der Waals surface area (Å²) in [7, 11) is 0. The van der Waals surface area contributed by atoms with E-state index in [-0.39, 0.29) is 23.1 Å². The van der Waals surface area contributed by atoms with E-state index in [0.29, 0.717) is 0 Å². The van der Waals surface area contributed by atoms with Crippen LogP contribution >= 0.6 is 0 Å². The van der Waals surface area contributed by atoms with Crippen LogP contribution in [0.25, 0.3) is 0 Å². The van der Waals surface area contributed by atoms with E-state index in [0.717, 1.165) is 27.7 Å². The summed E-state index contributed by atoms with van der Waals surface area (Å²) < 4.78 is 42.4. The number of fused-ring (bicyclic) bond motifs is 2. The number of epoxide rings is 1. The van der Waals surface area contributed by atoms with Crippen LogP contribution in [0.15, 0.2) is 67.0 Å². The van der Waals surface area contributed by atoms with E-state index in [1.54, 1.807) is 45.9 Å². The minimum Gasteiger partial charge on any atom is -0.462 e. The Hall–Kier alpha value is -5.44. The third-order valence-corrected chi connectivity index (χ3v) is 10.6. The number of carbonyl (C=O) groups is 7. The maximum absolute atomic E-state index is 15.0. The van der Waals surface area contributed by atoms with Crippen LogP contribution in [0.2, 0.25) is 0 Å². The molecule has 5 rings (SSSR count). The number of rotatable bonds is 8. The average Bonchev–Trinajstić information content (AvgIpc) is 3.91. The number of carbonyl (C=O) groups excluding carboxylic acids is 7. The molecule has 0 amide bonds. The van der Waals surface area contributed by atoms with E-state index in [9.17, 15) is 28.8 Å². The van der Waals surface area contributed by atoms with Gasteiger partial charge in [0, 0.05) is 63.4 Å². The molecule has 15 nitrogen and oxygen atoms in total. The van der Waals surface area contributed by atoms with E-state index < -0.39 is 113 Å². The van der Waals surface area contributed by atoms with Gasteiger partial charge in [0.1, 0.15) is 12.2 Å². The summed E-state index contributed by atoms with van der Waals surface area (Å²) in [6.45, 7) is 15.2. The Morgan fingerprint density at radius 2 is 1.34 bits per heavy atom. The molecular formula is C41H47NO14. The van der Waals surface area contributed by atoms with Crippen molar-refractivity contribution >= 4 is 41.6 Å². The fourth-order valence-corrected chi connectivity index (χ4v) is 8.24. The lowest BCUT2D eigenvalue weighted by Crippen LogP contribution is -2.60. The van der Waals surface area contributed by atoms with Crippen LogP contribution in [-0.4, -0.2) is 94.9 Å². The highest BCUT2D eigenvalue weighted by Gasteiger charge is 2.69. The second kappa shape index (κ2) is 16.3. The molecule has 0 N–H and O–H groups in total. The predicted molar refractivity (Wildman–Crippen MR) is 193 cm³/mol. The average molecular weight is 778 g/mol. The molecule has 1 aromatic heterocycles. The van der Waals surface area contributed by atoms with Crippen LogP contribution < -0.4 is 0 Å². The molecule has 0 bridgehead atoms. The number of esters is 6. The molecule has 2 heterocycles. The number of aromatic nitrogens is 1. The maximum Gasteiger partial charge on any atom is 0.340 e. The highest BCUT2D eigenvalue weighted by molar-refractivity contribution is 5.93. The van der Waals surface area contributed by atoms with Crippen molar-refractivity contribution in [2.24, 2.45) is 23.2 Å². The Kier molecular flexibility index (Phi) is 12.2. The van der Waals surface area contributed by atoms with Gasteiger partial charge in [-0.05, 0) is 30.2 Å². The van der Waals surface area contributed by atoms with Crippen molar-refractivity contribution in [3.8, 4) is 0 Å². The third-order valence-electron chi connectivity index (χ3n) is 10.6. The molecular weight excluding hydrogens is 730 g/mol. The van der Waals surface area contributed by atoms with Crippen LogP contribution in [-0.2, 0) is 57.1 Å². The molecule has 3 aliphatic rings. The topological polar surface area (TPSA) is 200 Å². The Morgan fingerprint density at radius 1 is 0.750 bits per heavy atom. The summed E-state index contributed by atoms with van der Waals surface area (Å²) in [5.74, 6) is -8.98. The van der Waals surface area contributed by atoms with E-state index in [1.807, 2.05) is 0 Å². The van der Waals surface area contributed by atoms with Gasteiger partial charge < -0.3 is 33.2 Å². The van der Waals surface area contributed by atoms with Crippen LogP contribution in [0.3, 0.4) is 0 Å². The summed E-state index contributed by atoms with van der Waals surface area (Å²) >= 11 is 0. The first kappa shape index (κ1) is 41.7. The molecule has 3 fully saturated rings. The van der Waals surface area contributed by atoms with Crippen LogP contribution in [0, 0.1) is 23.2 Å². The molecule has 2 saturated carbocycles. The maximum atomic E-state index is 15.0. The molecule has 0 spiro atoms. The molecule has 15 heteroatoms. The first-order valence-corrected chi connectivity index (χ1v) is 18.3. The van der Waals surface area contributed by atoms with Crippen molar-refractivity contribution in [2.75, 3.05) is 0 Å². The summed E-state index contributed by atoms with van der Waals surface area (Å²) in [5.41, 5.74) is -3.58. The number of nitrogens with zero attached hydrogens (tertiary/aromatic N) is 1. The van der Waals surface area contributed by atoms with Crippen LogP contribution in [0.1, 0.15) is 82.5 Å². The first-order chi connectivity index (χ1) is 26.3. The van der Waals surface area contributed by atoms with Crippen molar-refractivity contribution in [3.05, 3.63) is 78.1 Å². The first-order valence-electron chi connectivity index (χ1n) is 18.3. The summed E-state index contributed by atoms with van der Waals surface area (Å²) in [6.07, 6.45) is -7.17. The van der Waals surface area contributed by atoms with Crippen molar-refractivity contribution in [1.29, 1.82) is 0 Å². The Morgan fingerprint density at radius 3 is 1.91 bits per heavy atom. The van der Waals surface area contributed by atoms with Gasteiger partial charge in [-0.3, -0.25) is 29.0 Å². The molecule has 1 unspecified atom stereocenters. The number of pyridine rings is 1. The van der Waals surface area contributed by atoms with Gasteiger partial charge in [-0.15, -0.1) is 0 Å². The SMILES string of the molecule is C=C1[C@H](OC(C)=O)[C@H]2[C@@H](OC(C)=O)[C@@H](C)C[C@]2(OC(C)=O)C(=O)[C@@H](C)[C@@H]2O[C@H]2C(C)(C)C(OC(=O)c2cccnc2)[C@H](OC(=O)c2ccccc2)[C@H]1OC(C)=O. The van der Waals surface area contributed by atoms with Gasteiger partial charge in [0.05, 0.1) is 29.3 Å². The van der Waals surface area contributed by atoms with Gasteiger partial charge in [-0.2, -0.15) is 0 Å². The summed E-state index contributed by atoms with van der Waals surface area (Å²) in [4.78, 5) is 98.8. The second-order valence-corrected chi connectivity index (χ2v) is 15.2. The summed E-state index contributed by atoms with van der Waals surface area (Å²) in [5, 5.41) is 0. The Balaban J connectivity index is 1.82. The van der Waals surface area contributed by atoms with Crippen molar-refractivity contribution in [2.45, 2.75) is 110 Å². The van der Waals surface area contributed by atoms with Crippen LogP contribution in [0.5, 0.6) is 0 Å². The van der Waals surface area contributed by atoms with E-state index >= 15 is 4.79 Å². The van der Waals surface area contributed by atoms with Gasteiger partial charge in [-0.1, -0.05) is 52.5 Å². The molecule has 300 valence electrons. The van der Waals surface area contributed by atoms with Crippen molar-refractivity contribution in [3.63, 3.8) is 0 Å². The third kappa shape index (κ3) is 8.37. The smallest absolute Gasteiger partial charge is 0.340 e. The number of Topliss-reactive ketones (excluding diaryl/α,β-unsaturated/α-hetero) is 1. The molecule has 2 aliphatic carbocycles. The fourth-order valence-electron chi connectivity index (χ4n) is 8.24. The zero-order chi connectivity index (χ0) is 41.3. The van der Waals surface area contributed by atoms with Gasteiger partial charge in [0.15, 0.2) is 29.7 Å². The lowest BCUT2D eigenvalue weighted by atomic mass is 9.69. The highest BCUT2D eigenvalue weighted by atomic mass is 16.6. The van der Waals surface area contributed by atoms with Crippen LogP contribution in [0.4, 0.5) is 0 Å².